The highest BCUT2D eigenvalue weighted by Gasteiger charge is 2.15. The van der Waals surface area contributed by atoms with Crippen LogP contribution < -0.4 is 0 Å². The molecule has 2 rings (SSSR count). The van der Waals surface area contributed by atoms with Crippen molar-refractivity contribution >= 4 is 16.8 Å². The highest BCUT2D eigenvalue weighted by molar-refractivity contribution is 7.83. The molecule has 1 aromatic heterocycles. The second-order valence-electron chi connectivity index (χ2n) is 4.21. The average molecular weight is 278 g/mol. The monoisotopic (exact) mass is 278 g/mol. The minimum Gasteiger partial charge on any atom is -0.475 e. The molecule has 1 aromatic carbocycles. The Balaban J connectivity index is 2.05. The lowest BCUT2D eigenvalue weighted by molar-refractivity contribution is 0.0661. The van der Waals surface area contributed by atoms with Crippen LogP contribution in [-0.4, -0.2) is 15.3 Å². The van der Waals surface area contributed by atoms with E-state index in [2.05, 4.69) is 0 Å². The van der Waals surface area contributed by atoms with Gasteiger partial charge in [0.25, 0.3) is 0 Å². The van der Waals surface area contributed by atoms with E-state index in [1.54, 1.807) is 6.92 Å². The first-order valence-corrected chi connectivity index (χ1v) is 7.26. The van der Waals surface area contributed by atoms with Crippen molar-refractivity contribution in [2.24, 2.45) is 0 Å². The minimum atomic E-state index is -1.11. The number of carboxylic acids is 1. The largest absolute Gasteiger partial charge is 0.475 e. The Morgan fingerprint density at radius 1 is 1.26 bits per heavy atom. The molecule has 1 heterocycles. The number of rotatable bonds is 5. The van der Waals surface area contributed by atoms with E-state index in [9.17, 15) is 9.00 Å². The van der Waals surface area contributed by atoms with Gasteiger partial charge in [0.1, 0.15) is 5.76 Å². The fourth-order valence-corrected chi connectivity index (χ4v) is 3.05. The summed E-state index contributed by atoms with van der Waals surface area (Å²) in [7, 11) is -1.09. The van der Waals surface area contributed by atoms with Crippen molar-refractivity contribution in [3.63, 3.8) is 0 Å². The Hall–Kier alpha value is -1.88. The van der Waals surface area contributed by atoms with Gasteiger partial charge in [0.15, 0.2) is 0 Å². The molecular weight excluding hydrogens is 264 g/mol. The lowest BCUT2D eigenvalue weighted by Crippen LogP contribution is -1.99. The van der Waals surface area contributed by atoms with Gasteiger partial charge in [-0.25, -0.2) is 4.79 Å². The van der Waals surface area contributed by atoms with E-state index < -0.39 is 16.8 Å². The number of benzene rings is 1. The Bertz CT molecular complexity index is 601. The molecule has 0 aliphatic heterocycles. The number of aromatic carboxylic acids is 1. The maximum Gasteiger partial charge on any atom is 0.371 e. The van der Waals surface area contributed by atoms with Gasteiger partial charge in [0.2, 0.25) is 5.76 Å². The molecule has 2 aromatic rings. The predicted octanol–water partition coefficient (Wildman–Crippen LogP) is 2.74. The molecule has 4 nitrogen and oxygen atoms in total. The fraction of sp³-hybridized carbons (Fsp3) is 0.214. The third kappa shape index (κ3) is 3.54. The van der Waals surface area contributed by atoms with Crippen LogP contribution in [0.2, 0.25) is 0 Å². The zero-order valence-corrected chi connectivity index (χ0v) is 11.3. The number of carboxylic acid groups (broad SMARTS) is 1. The normalized spacial score (nSPS) is 12.3. The molecule has 0 spiro atoms. The third-order valence-corrected chi connectivity index (χ3v) is 4.01. The number of aryl methyl sites for hydroxylation is 1. The van der Waals surface area contributed by atoms with Gasteiger partial charge in [-0.05, 0) is 18.6 Å². The molecule has 100 valence electrons. The zero-order valence-electron chi connectivity index (χ0n) is 10.5. The molecule has 0 saturated heterocycles. The zero-order chi connectivity index (χ0) is 13.8. The van der Waals surface area contributed by atoms with Gasteiger partial charge in [0, 0.05) is 22.1 Å². The van der Waals surface area contributed by atoms with Gasteiger partial charge < -0.3 is 9.52 Å². The molecule has 0 bridgehead atoms. The average Bonchev–Trinajstić information content (AvgIpc) is 2.72. The first kappa shape index (κ1) is 13.5. The molecule has 0 saturated carbocycles. The summed E-state index contributed by atoms with van der Waals surface area (Å²) in [5, 5.41) is 8.82. The van der Waals surface area contributed by atoms with E-state index in [0.29, 0.717) is 22.8 Å². The van der Waals surface area contributed by atoms with Gasteiger partial charge in [-0.15, -0.1) is 0 Å². The Labute approximate surface area is 113 Å². The van der Waals surface area contributed by atoms with Crippen LogP contribution >= 0.6 is 0 Å². The van der Waals surface area contributed by atoms with Crippen LogP contribution in [0.3, 0.4) is 0 Å². The number of hydrogen-bond donors (Lipinski definition) is 1. The molecule has 0 amide bonds. The van der Waals surface area contributed by atoms with Crippen molar-refractivity contribution in [2.75, 3.05) is 0 Å². The van der Waals surface area contributed by atoms with Crippen LogP contribution in [0.1, 0.15) is 27.4 Å². The molecule has 5 heteroatoms. The summed E-state index contributed by atoms with van der Waals surface area (Å²) >= 11 is 0. The summed E-state index contributed by atoms with van der Waals surface area (Å²) in [4.78, 5) is 10.8. The molecule has 19 heavy (non-hydrogen) atoms. The highest BCUT2D eigenvalue weighted by Crippen LogP contribution is 2.17. The van der Waals surface area contributed by atoms with Crippen LogP contribution in [0.5, 0.6) is 0 Å². The number of carbonyl (C=O) groups is 1. The van der Waals surface area contributed by atoms with Crippen molar-refractivity contribution in [2.45, 2.75) is 18.4 Å². The van der Waals surface area contributed by atoms with Crippen molar-refractivity contribution in [1.82, 2.24) is 0 Å². The maximum atomic E-state index is 12.0. The molecule has 1 N–H and O–H groups in total. The molecule has 1 unspecified atom stereocenters. The lowest BCUT2D eigenvalue weighted by Gasteiger charge is -2.01. The van der Waals surface area contributed by atoms with Gasteiger partial charge in [-0.1, -0.05) is 30.3 Å². The third-order valence-electron chi connectivity index (χ3n) is 2.72. The second-order valence-corrected chi connectivity index (χ2v) is 5.67. The van der Waals surface area contributed by atoms with E-state index >= 15 is 0 Å². The van der Waals surface area contributed by atoms with Crippen molar-refractivity contribution in [3.05, 3.63) is 59.0 Å². The molecule has 0 aliphatic carbocycles. The molecule has 0 fully saturated rings. The highest BCUT2D eigenvalue weighted by atomic mass is 32.2. The molecule has 0 radical (unpaired) electrons. The predicted molar refractivity (Wildman–Crippen MR) is 72.4 cm³/mol. The van der Waals surface area contributed by atoms with E-state index in [0.717, 1.165) is 5.56 Å². The number of hydrogen-bond acceptors (Lipinski definition) is 3. The molecule has 1 atom stereocenters. The van der Waals surface area contributed by atoms with E-state index in [1.807, 2.05) is 30.3 Å². The quantitative estimate of drug-likeness (QED) is 0.913. The Morgan fingerprint density at radius 3 is 2.53 bits per heavy atom. The fourth-order valence-electron chi connectivity index (χ4n) is 1.75. The summed E-state index contributed by atoms with van der Waals surface area (Å²) in [6.45, 7) is 1.68. The van der Waals surface area contributed by atoms with Crippen molar-refractivity contribution < 1.29 is 18.5 Å². The van der Waals surface area contributed by atoms with E-state index in [-0.39, 0.29) is 5.76 Å². The SMILES string of the molecule is Cc1oc(C(=O)O)cc1CS(=O)Cc1ccccc1. The van der Waals surface area contributed by atoms with Crippen LogP contribution in [-0.2, 0) is 22.3 Å². The Kier molecular flexibility index (Phi) is 4.16. The van der Waals surface area contributed by atoms with E-state index in [4.69, 9.17) is 9.52 Å². The van der Waals surface area contributed by atoms with Gasteiger partial charge >= 0.3 is 5.97 Å². The van der Waals surface area contributed by atoms with Crippen molar-refractivity contribution in [1.29, 1.82) is 0 Å². The summed E-state index contributed by atoms with van der Waals surface area (Å²) < 4.78 is 17.1. The Morgan fingerprint density at radius 2 is 1.95 bits per heavy atom. The van der Waals surface area contributed by atoms with Crippen LogP contribution in [0.25, 0.3) is 0 Å². The van der Waals surface area contributed by atoms with E-state index in [1.165, 1.54) is 6.07 Å². The van der Waals surface area contributed by atoms with Crippen LogP contribution in [0.4, 0.5) is 0 Å². The number of furan rings is 1. The molecule has 0 aliphatic rings. The summed E-state index contributed by atoms with van der Waals surface area (Å²) in [5.41, 5.74) is 1.69. The first-order valence-electron chi connectivity index (χ1n) is 5.78. The standard InChI is InChI=1S/C14H14O4S/c1-10-12(7-13(18-10)14(15)16)9-19(17)8-11-5-3-2-4-6-11/h2-7H,8-9H2,1H3,(H,15,16). The van der Waals surface area contributed by atoms with Gasteiger partial charge in [-0.2, -0.15) is 0 Å². The molecular formula is C14H14O4S. The minimum absolute atomic E-state index is 0.107. The van der Waals surface area contributed by atoms with Crippen molar-refractivity contribution in [3.8, 4) is 0 Å². The lowest BCUT2D eigenvalue weighted by atomic mass is 10.2. The van der Waals surface area contributed by atoms with Gasteiger partial charge in [-0.3, -0.25) is 4.21 Å². The summed E-state index contributed by atoms with van der Waals surface area (Å²) in [6, 6.07) is 11.0. The first-order chi connectivity index (χ1) is 9.06. The topological polar surface area (TPSA) is 67.5 Å². The summed E-state index contributed by atoms with van der Waals surface area (Å²) in [6.07, 6.45) is 0. The second kappa shape index (κ2) is 5.84. The van der Waals surface area contributed by atoms with Gasteiger partial charge in [0.05, 0.1) is 5.75 Å². The summed E-state index contributed by atoms with van der Waals surface area (Å²) in [5.74, 6) is 0.0528. The van der Waals surface area contributed by atoms with Crippen LogP contribution in [0.15, 0.2) is 40.8 Å². The smallest absolute Gasteiger partial charge is 0.371 e. The maximum absolute atomic E-state index is 12.0. The van der Waals surface area contributed by atoms with Crippen LogP contribution in [0, 0.1) is 6.92 Å².